The van der Waals surface area contributed by atoms with E-state index in [0.29, 0.717) is 12.5 Å². The highest BCUT2D eigenvalue weighted by Crippen LogP contribution is 2.20. The summed E-state index contributed by atoms with van der Waals surface area (Å²) in [5.41, 5.74) is 1.38. The Bertz CT molecular complexity index is 734. The largest absolute Gasteiger partial charge is 0.467 e. The van der Waals surface area contributed by atoms with Crippen molar-refractivity contribution in [2.75, 3.05) is 26.2 Å². The van der Waals surface area contributed by atoms with Crippen LogP contribution in [0.1, 0.15) is 24.7 Å². The third-order valence-electron chi connectivity index (χ3n) is 4.70. The first-order valence-corrected chi connectivity index (χ1v) is 9.61. The van der Waals surface area contributed by atoms with E-state index >= 15 is 0 Å². The van der Waals surface area contributed by atoms with Gasteiger partial charge in [0, 0.05) is 19.6 Å². The number of hydrogen-bond donors (Lipinski definition) is 2. The van der Waals surface area contributed by atoms with E-state index < -0.39 is 0 Å². The molecule has 1 atom stereocenters. The van der Waals surface area contributed by atoms with Gasteiger partial charge < -0.3 is 20.0 Å². The fourth-order valence-electron chi connectivity index (χ4n) is 3.37. The van der Waals surface area contributed by atoms with Crippen molar-refractivity contribution in [2.24, 2.45) is 10.9 Å². The summed E-state index contributed by atoms with van der Waals surface area (Å²) < 4.78 is 5.22. The summed E-state index contributed by atoms with van der Waals surface area (Å²) in [6, 6.07) is 14.3. The van der Waals surface area contributed by atoms with Gasteiger partial charge in [-0.3, -0.25) is 4.79 Å². The normalized spacial score (nSPS) is 16.5. The summed E-state index contributed by atoms with van der Waals surface area (Å²) in [6.45, 7) is 5.27. The van der Waals surface area contributed by atoms with Crippen LogP contribution in [-0.2, 0) is 17.8 Å². The number of benzene rings is 1. The average Bonchev–Trinajstić information content (AvgIpc) is 3.36. The van der Waals surface area contributed by atoms with E-state index in [1.165, 1.54) is 5.56 Å². The maximum atomic E-state index is 12.1. The molecule has 1 saturated heterocycles. The Morgan fingerprint density at radius 1 is 1.21 bits per heavy atom. The molecule has 6 nitrogen and oxygen atoms in total. The quantitative estimate of drug-likeness (QED) is 0.351. The van der Waals surface area contributed by atoms with Crippen LogP contribution >= 0.6 is 24.0 Å². The third kappa shape index (κ3) is 6.85. The fraction of sp³-hybridized carbons (Fsp3) is 0.429. The Balaban J connectivity index is 0.00000280. The molecule has 7 heteroatoms. The van der Waals surface area contributed by atoms with Gasteiger partial charge >= 0.3 is 0 Å². The second kappa shape index (κ2) is 11.7. The smallest absolute Gasteiger partial charge is 0.242 e. The molecule has 1 amide bonds. The molecule has 2 aromatic rings. The maximum absolute atomic E-state index is 12.1. The van der Waals surface area contributed by atoms with Crippen LogP contribution in [0.25, 0.3) is 0 Å². The molecule has 0 spiro atoms. The zero-order chi connectivity index (χ0) is 18.9. The van der Waals surface area contributed by atoms with Crippen molar-refractivity contribution in [1.82, 2.24) is 15.5 Å². The molecule has 2 heterocycles. The van der Waals surface area contributed by atoms with Crippen LogP contribution in [0, 0.1) is 5.92 Å². The predicted octanol–water partition coefficient (Wildman–Crippen LogP) is 3.04. The minimum atomic E-state index is -0.109. The summed E-state index contributed by atoms with van der Waals surface area (Å²) in [7, 11) is 0. The Morgan fingerprint density at radius 2 is 2.04 bits per heavy atom. The van der Waals surface area contributed by atoms with E-state index in [1.54, 1.807) is 6.26 Å². The molecular weight excluding hydrogens is 467 g/mol. The molecule has 0 radical (unpaired) electrons. The van der Waals surface area contributed by atoms with Gasteiger partial charge in [-0.25, -0.2) is 4.99 Å². The second-order valence-electron chi connectivity index (χ2n) is 6.82. The predicted molar refractivity (Wildman–Crippen MR) is 122 cm³/mol. The first kappa shape index (κ1) is 22.3. The van der Waals surface area contributed by atoms with Crippen LogP contribution in [0.2, 0.25) is 0 Å². The van der Waals surface area contributed by atoms with Crippen LogP contribution in [0.4, 0.5) is 0 Å². The molecule has 1 fully saturated rings. The Morgan fingerprint density at radius 3 is 2.75 bits per heavy atom. The lowest BCUT2D eigenvalue weighted by Crippen LogP contribution is -2.41. The van der Waals surface area contributed by atoms with Crippen molar-refractivity contribution < 1.29 is 9.21 Å². The molecule has 0 aliphatic carbocycles. The number of rotatable bonds is 7. The van der Waals surface area contributed by atoms with Gasteiger partial charge in [-0.2, -0.15) is 0 Å². The molecule has 28 heavy (non-hydrogen) atoms. The van der Waals surface area contributed by atoms with Crippen molar-refractivity contribution in [3.8, 4) is 0 Å². The third-order valence-corrected chi connectivity index (χ3v) is 4.70. The molecule has 152 valence electrons. The Labute approximate surface area is 183 Å². The molecule has 1 aliphatic rings. The van der Waals surface area contributed by atoms with Crippen LogP contribution in [-0.4, -0.2) is 42.9 Å². The molecule has 0 saturated carbocycles. The number of carbonyl (C=O) groups is 1. The number of nitrogens with zero attached hydrogens (tertiary/aromatic N) is 2. The minimum Gasteiger partial charge on any atom is -0.467 e. The summed E-state index contributed by atoms with van der Waals surface area (Å²) in [4.78, 5) is 18.8. The molecule has 0 bridgehead atoms. The molecule has 1 aliphatic heterocycles. The van der Waals surface area contributed by atoms with E-state index in [0.717, 1.165) is 44.2 Å². The SMILES string of the molecule is CCNC(=NCC(=O)NCc1ccco1)N1CCC(Cc2ccccc2)C1.I. The van der Waals surface area contributed by atoms with Crippen molar-refractivity contribution in [2.45, 2.75) is 26.3 Å². The summed E-state index contributed by atoms with van der Waals surface area (Å²) in [5, 5.41) is 6.14. The fourth-order valence-corrected chi connectivity index (χ4v) is 3.37. The van der Waals surface area contributed by atoms with Crippen LogP contribution in [0.5, 0.6) is 0 Å². The zero-order valence-corrected chi connectivity index (χ0v) is 18.6. The van der Waals surface area contributed by atoms with Gasteiger partial charge in [-0.05, 0) is 43.4 Å². The first-order chi connectivity index (χ1) is 13.2. The van der Waals surface area contributed by atoms with E-state index in [4.69, 9.17) is 4.42 Å². The monoisotopic (exact) mass is 496 g/mol. The van der Waals surface area contributed by atoms with Gasteiger partial charge in [0.25, 0.3) is 0 Å². The number of nitrogens with one attached hydrogen (secondary N) is 2. The number of halogens is 1. The van der Waals surface area contributed by atoms with Gasteiger partial charge in [0.15, 0.2) is 5.96 Å². The summed E-state index contributed by atoms with van der Waals surface area (Å²) in [5.74, 6) is 2.06. The molecule has 1 unspecified atom stereocenters. The number of likely N-dealkylation sites (tertiary alicyclic amines) is 1. The van der Waals surface area contributed by atoms with Crippen molar-refractivity contribution in [1.29, 1.82) is 0 Å². The summed E-state index contributed by atoms with van der Waals surface area (Å²) >= 11 is 0. The number of guanidine groups is 1. The van der Waals surface area contributed by atoms with Crippen molar-refractivity contribution >= 4 is 35.8 Å². The molecule has 1 aromatic heterocycles. The Kier molecular flexibility index (Phi) is 9.33. The summed E-state index contributed by atoms with van der Waals surface area (Å²) in [6.07, 6.45) is 3.83. The van der Waals surface area contributed by atoms with Gasteiger partial charge in [-0.1, -0.05) is 30.3 Å². The lowest BCUT2D eigenvalue weighted by Gasteiger charge is -2.21. The topological polar surface area (TPSA) is 69.9 Å². The molecular formula is C21H29IN4O2. The van der Waals surface area contributed by atoms with Crippen LogP contribution in [0.15, 0.2) is 58.1 Å². The number of amides is 1. The molecule has 1 aromatic carbocycles. The number of carbonyl (C=O) groups excluding carboxylic acids is 1. The van der Waals surface area contributed by atoms with Crippen LogP contribution < -0.4 is 10.6 Å². The number of furan rings is 1. The lowest BCUT2D eigenvalue weighted by molar-refractivity contribution is -0.119. The standard InChI is InChI=1S/C21H28N4O2.HI/c1-2-22-21(24-15-20(26)23-14-19-9-6-12-27-19)25-11-10-18(16-25)13-17-7-4-3-5-8-17;/h3-9,12,18H,2,10-11,13-16H2,1H3,(H,22,24)(H,23,26);1H. The van der Waals surface area contributed by atoms with Gasteiger partial charge in [0.05, 0.1) is 12.8 Å². The van der Waals surface area contributed by atoms with Crippen LogP contribution in [0.3, 0.4) is 0 Å². The lowest BCUT2D eigenvalue weighted by atomic mass is 9.99. The highest BCUT2D eigenvalue weighted by atomic mass is 127. The molecule has 2 N–H and O–H groups in total. The Hall–Kier alpha value is -2.03. The van der Waals surface area contributed by atoms with Crippen molar-refractivity contribution in [3.05, 3.63) is 60.1 Å². The highest BCUT2D eigenvalue weighted by Gasteiger charge is 2.25. The van der Waals surface area contributed by atoms with E-state index in [1.807, 2.05) is 19.1 Å². The van der Waals surface area contributed by atoms with Gasteiger partial charge in [-0.15, -0.1) is 24.0 Å². The first-order valence-electron chi connectivity index (χ1n) is 9.61. The van der Waals surface area contributed by atoms with Gasteiger partial charge in [0.2, 0.25) is 5.91 Å². The van der Waals surface area contributed by atoms with Gasteiger partial charge in [0.1, 0.15) is 12.3 Å². The average molecular weight is 496 g/mol. The number of aliphatic imine (C=N–C) groups is 1. The van der Waals surface area contributed by atoms with E-state index in [9.17, 15) is 4.79 Å². The zero-order valence-electron chi connectivity index (χ0n) is 16.3. The highest BCUT2D eigenvalue weighted by molar-refractivity contribution is 14.0. The van der Waals surface area contributed by atoms with E-state index in [2.05, 4.69) is 50.9 Å². The minimum absolute atomic E-state index is 0. The number of hydrogen-bond acceptors (Lipinski definition) is 3. The van der Waals surface area contributed by atoms with Crippen molar-refractivity contribution in [3.63, 3.8) is 0 Å². The molecule has 3 rings (SSSR count). The maximum Gasteiger partial charge on any atom is 0.242 e. The van der Waals surface area contributed by atoms with E-state index in [-0.39, 0.29) is 36.4 Å². The second-order valence-corrected chi connectivity index (χ2v) is 6.82.